The van der Waals surface area contributed by atoms with Crippen LogP contribution in [-0.2, 0) is 0 Å². The van der Waals surface area contributed by atoms with Gasteiger partial charge in [0.05, 0.1) is 33.4 Å². The molecule has 0 atom stereocenters. The van der Waals surface area contributed by atoms with Crippen molar-refractivity contribution in [1.82, 2.24) is 14.8 Å². The van der Waals surface area contributed by atoms with E-state index < -0.39 is 0 Å². The summed E-state index contributed by atoms with van der Waals surface area (Å²) in [5.41, 5.74) is 5.48. The molecule has 1 amide bonds. The van der Waals surface area contributed by atoms with E-state index in [1.807, 2.05) is 44.2 Å². The fraction of sp³-hybridized carbons (Fsp3) is 0.150. The maximum Gasteiger partial charge on any atom is 0.260 e. The van der Waals surface area contributed by atoms with Crippen LogP contribution in [0.1, 0.15) is 27.2 Å². The molecule has 26 heavy (non-hydrogen) atoms. The van der Waals surface area contributed by atoms with Crippen LogP contribution in [0, 0.1) is 20.8 Å². The predicted octanol–water partition coefficient (Wildman–Crippen LogP) is 4.66. The van der Waals surface area contributed by atoms with E-state index in [4.69, 9.17) is 0 Å². The minimum absolute atomic E-state index is 0.195. The van der Waals surface area contributed by atoms with Gasteiger partial charge in [0.2, 0.25) is 0 Å². The number of aryl methyl sites for hydroxylation is 2. The Labute approximate surface area is 155 Å². The molecule has 4 rings (SSSR count). The van der Waals surface area contributed by atoms with Crippen molar-refractivity contribution >= 4 is 32.6 Å². The molecule has 4 aromatic rings. The summed E-state index contributed by atoms with van der Waals surface area (Å²) in [4.78, 5) is 17.3. The van der Waals surface area contributed by atoms with Gasteiger partial charge in [-0.2, -0.15) is 5.10 Å². The smallest absolute Gasteiger partial charge is 0.260 e. The summed E-state index contributed by atoms with van der Waals surface area (Å²) in [5.74, 6) is -0.195. The predicted molar refractivity (Wildman–Crippen MR) is 105 cm³/mol. The zero-order chi connectivity index (χ0) is 18.3. The van der Waals surface area contributed by atoms with Gasteiger partial charge in [-0.05, 0) is 44.0 Å². The van der Waals surface area contributed by atoms with E-state index in [0.717, 1.165) is 32.7 Å². The summed E-state index contributed by atoms with van der Waals surface area (Å²) in [7, 11) is 0. The highest BCUT2D eigenvalue weighted by molar-refractivity contribution is 7.22. The fourth-order valence-corrected chi connectivity index (χ4v) is 3.95. The molecule has 0 radical (unpaired) electrons. The van der Waals surface area contributed by atoms with Crippen molar-refractivity contribution in [2.24, 2.45) is 0 Å². The number of carbonyl (C=O) groups excluding carboxylic acids is 1. The standard InChI is InChI=1S/C20H18N4OS/c1-12-9-10-13(2)18-17(12)22-20(26-18)23-19(25)16-11-21-24(14(16)3)15-7-5-4-6-8-15/h4-11H,1-3H3,(H,22,23,25). The normalized spacial score (nSPS) is 11.0. The van der Waals surface area contributed by atoms with Crippen LogP contribution in [0.4, 0.5) is 5.13 Å². The third kappa shape index (κ3) is 2.78. The quantitative estimate of drug-likeness (QED) is 0.577. The first-order valence-corrected chi connectivity index (χ1v) is 9.14. The first kappa shape index (κ1) is 16.5. The maximum absolute atomic E-state index is 12.7. The molecule has 0 fully saturated rings. The first-order valence-electron chi connectivity index (χ1n) is 8.33. The third-order valence-electron chi connectivity index (χ3n) is 4.42. The Balaban J connectivity index is 1.64. The van der Waals surface area contributed by atoms with E-state index >= 15 is 0 Å². The van der Waals surface area contributed by atoms with Crippen molar-refractivity contribution in [3.8, 4) is 5.69 Å². The minimum atomic E-state index is -0.195. The lowest BCUT2D eigenvalue weighted by atomic mass is 10.1. The van der Waals surface area contributed by atoms with Crippen molar-refractivity contribution in [3.63, 3.8) is 0 Å². The number of hydrogen-bond acceptors (Lipinski definition) is 4. The van der Waals surface area contributed by atoms with Gasteiger partial charge in [0, 0.05) is 0 Å². The molecule has 0 aliphatic rings. The van der Waals surface area contributed by atoms with Crippen molar-refractivity contribution < 1.29 is 4.79 Å². The number of amides is 1. The summed E-state index contributed by atoms with van der Waals surface area (Å²) in [6.45, 7) is 5.97. The van der Waals surface area contributed by atoms with E-state index in [-0.39, 0.29) is 5.91 Å². The molecule has 0 bridgehead atoms. The van der Waals surface area contributed by atoms with Gasteiger partial charge in [-0.25, -0.2) is 9.67 Å². The van der Waals surface area contributed by atoms with Crippen molar-refractivity contribution in [3.05, 3.63) is 71.0 Å². The van der Waals surface area contributed by atoms with E-state index in [1.165, 1.54) is 11.3 Å². The molecule has 0 spiro atoms. The molecule has 130 valence electrons. The highest BCUT2D eigenvalue weighted by Crippen LogP contribution is 2.31. The summed E-state index contributed by atoms with van der Waals surface area (Å²) in [6, 6.07) is 13.9. The van der Waals surface area contributed by atoms with Gasteiger partial charge in [-0.1, -0.05) is 41.7 Å². The number of carbonyl (C=O) groups is 1. The SMILES string of the molecule is Cc1ccc(C)c2sc(NC(=O)c3cnn(-c4ccccc4)c3C)nc12. The molecule has 2 heterocycles. The highest BCUT2D eigenvalue weighted by atomic mass is 32.1. The molecular weight excluding hydrogens is 344 g/mol. The summed E-state index contributed by atoms with van der Waals surface area (Å²) in [5, 5.41) is 7.89. The Bertz CT molecular complexity index is 1070. The number of fused-ring (bicyclic) bond motifs is 1. The number of nitrogens with one attached hydrogen (secondary N) is 1. The Kier molecular flexibility index (Phi) is 4.05. The van der Waals surface area contributed by atoms with Crippen LogP contribution in [0.3, 0.4) is 0 Å². The molecule has 2 aromatic heterocycles. The third-order valence-corrected chi connectivity index (χ3v) is 5.52. The van der Waals surface area contributed by atoms with Gasteiger partial charge < -0.3 is 0 Å². The van der Waals surface area contributed by atoms with Gasteiger partial charge in [-0.3, -0.25) is 10.1 Å². The Morgan fingerprint density at radius 1 is 1.04 bits per heavy atom. The Hall–Kier alpha value is -2.99. The summed E-state index contributed by atoms with van der Waals surface area (Å²) >= 11 is 1.50. The summed E-state index contributed by atoms with van der Waals surface area (Å²) in [6.07, 6.45) is 1.60. The molecule has 2 aromatic carbocycles. The lowest BCUT2D eigenvalue weighted by molar-refractivity contribution is 0.102. The van der Waals surface area contributed by atoms with Crippen LogP contribution >= 0.6 is 11.3 Å². The van der Waals surface area contributed by atoms with Gasteiger partial charge in [0.25, 0.3) is 5.91 Å². The molecule has 1 N–H and O–H groups in total. The Morgan fingerprint density at radius 3 is 2.50 bits per heavy atom. The number of nitrogens with zero attached hydrogens (tertiary/aromatic N) is 3. The van der Waals surface area contributed by atoms with E-state index in [0.29, 0.717) is 10.7 Å². The van der Waals surface area contributed by atoms with Crippen LogP contribution in [0.5, 0.6) is 0 Å². The average Bonchev–Trinajstić information content (AvgIpc) is 3.23. The first-order chi connectivity index (χ1) is 12.5. The highest BCUT2D eigenvalue weighted by Gasteiger charge is 2.17. The molecule has 0 aliphatic carbocycles. The van der Waals surface area contributed by atoms with Crippen LogP contribution < -0.4 is 5.32 Å². The molecule has 0 aliphatic heterocycles. The van der Waals surface area contributed by atoms with E-state index in [1.54, 1.807) is 10.9 Å². The molecule has 6 heteroatoms. The van der Waals surface area contributed by atoms with Gasteiger partial charge >= 0.3 is 0 Å². The number of anilines is 1. The lowest BCUT2D eigenvalue weighted by Gasteiger charge is -2.05. The number of hydrogen-bond donors (Lipinski definition) is 1. The number of para-hydroxylation sites is 1. The topological polar surface area (TPSA) is 59.8 Å². The molecule has 0 saturated carbocycles. The lowest BCUT2D eigenvalue weighted by Crippen LogP contribution is -2.12. The zero-order valence-corrected chi connectivity index (χ0v) is 15.6. The molecule has 0 saturated heterocycles. The molecular formula is C20H18N4OS. The summed E-state index contributed by atoms with van der Waals surface area (Å²) < 4.78 is 2.87. The van der Waals surface area contributed by atoms with Crippen LogP contribution in [-0.4, -0.2) is 20.7 Å². The maximum atomic E-state index is 12.7. The fourth-order valence-electron chi connectivity index (χ4n) is 2.94. The monoisotopic (exact) mass is 362 g/mol. The van der Waals surface area contributed by atoms with E-state index in [9.17, 15) is 4.79 Å². The minimum Gasteiger partial charge on any atom is -0.298 e. The van der Waals surface area contributed by atoms with Crippen molar-refractivity contribution in [1.29, 1.82) is 0 Å². The van der Waals surface area contributed by atoms with Gasteiger partial charge in [0.15, 0.2) is 5.13 Å². The van der Waals surface area contributed by atoms with Crippen LogP contribution in [0.25, 0.3) is 15.9 Å². The largest absolute Gasteiger partial charge is 0.298 e. The second kappa shape index (κ2) is 6.38. The number of benzene rings is 2. The van der Waals surface area contributed by atoms with Crippen LogP contribution in [0.2, 0.25) is 0 Å². The number of thiazole rings is 1. The van der Waals surface area contributed by atoms with Gasteiger partial charge in [-0.15, -0.1) is 0 Å². The Morgan fingerprint density at radius 2 is 1.77 bits per heavy atom. The second-order valence-electron chi connectivity index (χ2n) is 6.24. The van der Waals surface area contributed by atoms with Crippen molar-refractivity contribution in [2.45, 2.75) is 20.8 Å². The van der Waals surface area contributed by atoms with Crippen LogP contribution in [0.15, 0.2) is 48.7 Å². The number of rotatable bonds is 3. The van der Waals surface area contributed by atoms with Crippen molar-refractivity contribution in [2.75, 3.05) is 5.32 Å². The molecule has 5 nitrogen and oxygen atoms in total. The van der Waals surface area contributed by atoms with E-state index in [2.05, 4.69) is 34.5 Å². The zero-order valence-electron chi connectivity index (χ0n) is 14.8. The molecule has 0 unspecified atom stereocenters. The number of aromatic nitrogens is 3. The second-order valence-corrected chi connectivity index (χ2v) is 7.24. The average molecular weight is 362 g/mol. The van der Waals surface area contributed by atoms with Gasteiger partial charge in [0.1, 0.15) is 0 Å².